The second kappa shape index (κ2) is 4.80. The van der Waals surface area contributed by atoms with Gasteiger partial charge in [-0.15, -0.1) is 0 Å². The molecule has 0 saturated heterocycles. The Kier molecular flexibility index (Phi) is 3.98. The molecule has 71 valence electrons. The zero-order chi connectivity index (χ0) is 8.97. The molecule has 0 N–H and O–H groups in total. The van der Waals surface area contributed by atoms with E-state index in [2.05, 4.69) is 6.42 Å². The Morgan fingerprint density at radius 2 is 1.42 bits per heavy atom. The van der Waals surface area contributed by atoms with Crippen LogP contribution in [0.5, 0.6) is 0 Å². The summed E-state index contributed by atoms with van der Waals surface area (Å²) in [6, 6.07) is 0. The van der Waals surface area contributed by atoms with Crippen LogP contribution in [-0.4, -0.2) is 39.6 Å². The van der Waals surface area contributed by atoms with E-state index in [1.54, 1.807) is 21.3 Å². The van der Waals surface area contributed by atoms with Crippen LogP contribution in [0.1, 0.15) is 12.8 Å². The third kappa shape index (κ3) is 2.44. The Balaban J connectivity index is 2.41. The molecule has 1 saturated carbocycles. The fraction of sp³-hybridized carbons (Fsp3) is 0.889. The fourth-order valence-corrected chi connectivity index (χ4v) is 1.55. The minimum atomic E-state index is 0.175. The molecule has 0 aliphatic heterocycles. The van der Waals surface area contributed by atoms with Gasteiger partial charge in [-0.3, -0.25) is 0 Å². The van der Waals surface area contributed by atoms with E-state index in [0.29, 0.717) is 0 Å². The Bertz CT molecular complexity index is 97.2. The fourth-order valence-electron chi connectivity index (χ4n) is 1.55. The van der Waals surface area contributed by atoms with Gasteiger partial charge in [-0.25, -0.2) is 0 Å². The van der Waals surface area contributed by atoms with Gasteiger partial charge < -0.3 is 14.2 Å². The highest BCUT2D eigenvalue weighted by molar-refractivity contribution is 4.94. The van der Waals surface area contributed by atoms with Crippen LogP contribution in [0.25, 0.3) is 0 Å². The maximum atomic E-state index is 5.28. The molecule has 1 aliphatic carbocycles. The lowest BCUT2D eigenvalue weighted by Gasteiger charge is -2.32. The van der Waals surface area contributed by atoms with Gasteiger partial charge in [0.1, 0.15) is 0 Å². The molecule has 0 aromatic rings. The van der Waals surface area contributed by atoms with E-state index in [4.69, 9.17) is 14.2 Å². The quantitative estimate of drug-likeness (QED) is 0.638. The van der Waals surface area contributed by atoms with E-state index in [1.807, 2.05) is 0 Å². The molecule has 0 bridgehead atoms. The normalized spacial score (nSPS) is 36.8. The van der Waals surface area contributed by atoms with Gasteiger partial charge in [0, 0.05) is 40.6 Å². The first kappa shape index (κ1) is 9.96. The molecule has 2 unspecified atom stereocenters. The van der Waals surface area contributed by atoms with Crippen LogP contribution in [0.4, 0.5) is 0 Å². The Morgan fingerprint density at radius 3 is 1.75 bits per heavy atom. The molecular weight excluding hydrogens is 156 g/mol. The lowest BCUT2D eigenvalue weighted by Crippen LogP contribution is -2.36. The molecular formula is C9H17O3. The molecule has 0 aromatic carbocycles. The smallest absolute Gasteiger partial charge is 0.0653 e. The molecule has 3 heteroatoms. The summed E-state index contributed by atoms with van der Waals surface area (Å²) >= 11 is 0. The van der Waals surface area contributed by atoms with Crippen molar-refractivity contribution in [3.63, 3.8) is 0 Å². The van der Waals surface area contributed by atoms with Crippen molar-refractivity contribution in [1.29, 1.82) is 0 Å². The second-order valence-electron chi connectivity index (χ2n) is 3.07. The summed E-state index contributed by atoms with van der Waals surface area (Å²) in [5, 5.41) is 0. The highest BCUT2D eigenvalue weighted by Crippen LogP contribution is 2.23. The highest BCUT2D eigenvalue weighted by atomic mass is 16.5. The van der Waals surface area contributed by atoms with Gasteiger partial charge in [0.25, 0.3) is 0 Å². The molecule has 1 radical (unpaired) electrons. The first-order valence-electron chi connectivity index (χ1n) is 4.23. The number of ether oxygens (including phenoxy) is 3. The van der Waals surface area contributed by atoms with Gasteiger partial charge in [0.15, 0.2) is 0 Å². The van der Waals surface area contributed by atoms with Gasteiger partial charge >= 0.3 is 0 Å². The maximum absolute atomic E-state index is 5.28. The van der Waals surface area contributed by atoms with E-state index in [9.17, 15) is 0 Å². The van der Waals surface area contributed by atoms with Crippen molar-refractivity contribution in [2.24, 2.45) is 0 Å². The maximum Gasteiger partial charge on any atom is 0.0653 e. The standard InChI is InChI=1S/C9H17O3/c1-10-7-4-8(11-2)6-9(5-7)12-3/h4,7-9H,5-6H2,1-3H3. The molecule has 2 atom stereocenters. The minimum absolute atomic E-state index is 0.175. The lowest BCUT2D eigenvalue weighted by atomic mass is 9.92. The van der Waals surface area contributed by atoms with E-state index < -0.39 is 0 Å². The summed E-state index contributed by atoms with van der Waals surface area (Å²) < 4.78 is 15.8. The molecule has 1 aliphatic rings. The highest BCUT2D eigenvalue weighted by Gasteiger charge is 2.28. The number of hydrogen-bond donors (Lipinski definition) is 0. The molecule has 0 aromatic heterocycles. The number of rotatable bonds is 3. The summed E-state index contributed by atoms with van der Waals surface area (Å²) in [6.45, 7) is 0. The Morgan fingerprint density at radius 1 is 0.917 bits per heavy atom. The van der Waals surface area contributed by atoms with Crippen LogP contribution in [0.3, 0.4) is 0 Å². The van der Waals surface area contributed by atoms with Crippen LogP contribution >= 0.6 is 0 Å². The van der Waals surface area contributed by atoms with Crippen LogP contribution in [0.15, 0.2) is 0 Å². The van der Waals surface area contributed by atoms with E-state index in [0.717, 1.165) is 12.8 Å². The van der Waals surface area contributed by atoms with Gasteiger partial charge in [0.2, 0.25) is 0 Å². The largest absolute Gasteiger partial charge is 0.381 e. The lowest BCUT2D eigenvalue weighted by molar-refractivity contribution is -0.0370. The predicted molar refractivity (Wildman–Crippen MR) is 45.9 cm³/mol. The summed E-state index contributed by atoms with van der Waals surface area (Å²) in [7, 11) is 5.16. The van der Waals surface area contributed by atoms with Crippen LogP contribution in [-0.2, 0) is 14.2 Å². The summed E-state index contributed by atoms with van der Waals surface area (Å²) in [4.78, 5) is 0. The van der Waals surface area contributed by atoms with Crippen molar-refractivity contribution < 1.29 is 14.2 Å². The van der Waals surface area contributed by atoms with Crippen molar-refractivity contribution in [2.45, 2.75) is 31.2 Å². The van der Waals surface area contributed by atoms with Crippen LogP contribution < -0.4 is 0 Å². The van der Waals surface area contributed by atoms with E-state index in [1.165, 1.54) is 0 Å². The minimum Gasteiger partial charge on any atom is -0.381 e. The number of methoxy groups -OCH3 is 3. The van der Waals surface area contributed by atoms with Gasteiger partial charge in [0.05, 0.1) is 18.3 Å². The Hall–Kier alpha value is -0.120. The van der Waals surface area contributed by atoms with Gasteiger partial charge in [-0.1, -0.05) is 0 Å². The average molecular weight is 173 g/mol. The number of hydrogen-bond acceptors (Lipinski definition) is 3. The summed E-state index contributed by atoms with van der Waals surface area (Å²) in [5.74, 6) is 0. The van der Waals surface area contributed by atoms with E-state index >= 15 is 0 Å². The first-order chi connectivity index (χ1) is 5.80. The zero-order valence-corrected chi connectivity index (χ0v) is 7.95. The third-order valence-corrected chi connectivity index (χ3v) is 2.36. The van der Waals surface area contributed by atoms with Gasteiger partial charge in [-0.05, 0) is 0 Å². The van der Waals surface area contributed by atoms with Gasteiger partial charge in [-0.2, -0.15) is 0 Å². The van der Waals surface area contributed by atoms with E-state index in [-0.39, 0.29) is 18.3 Å². The van der Waals surface area contributed by atoms with Crippen LogP contribution in [0.2, 0.25) is 0 Å². The summed E-state index contributed by atoms with van der Waals surface area (Å²) in [6.07, 6.45) is 4.59. The molecule has 3 nitrogen and oxygen atoms in total. The van der Waals surface area contributed by atoms with Crippen molar-refractivity contribution >= 4 is 0 Å². The molecule has 0 spiro atoms. The Labute approximate surface area is 74.0 Å². The topological polar surface area (TPSA) is 27.7 Å². The van der Waals surface area contributed by atoms with Crippen molar-refractivity contribution in [1.82, 2.24) is 0 Å². The molecule has 0 amide bonds. The molecule has 12 heavy (non-hydrogen) atoms. The second-order valence-corrected chi connectivity index (χ2v) is 3.07. The monoisotopic (exact) mass is 173 g/mol. The van der Waals surface area contributed by atoms with Crippen molar-refractivity contribution in [2.75, 3.05) is 21.3 Å². The first-order valence-corrected chi connectivity index (χ1v) is 4.23. The summed E-state index contributed by atoms with van der Waals surface area (Å²) in [5.41, 5.74) is 0. The van der Waals surface area contributed by atoms with Crippen molar-refractivity contribution in [3.8, 4) is 0 Å². The molecule has 1 fully saturated rings. The molecule has 1 rings (SSSR count). The molecule has 0 heterocycles. The SMILES string of the molecule is COC1[CH]C(OC)CC(OC)C1. The predicted octanol–water partition coefficient (Wildman–Crippen LogP) is 1.03. The van der Waals surface area contributed by atoms with Crippen molar-refractivity contribution in [3.05, 3.63) is 6.42 Å². The average Bonchev–Trinajstić information content (AvgIpc) is 2.16. The zero-order valence-electron chi connectivity index (χ0n) is 7.95. The van der Waals surface area contributed by atoms with Crippen LogP contribution in [0, 0.1) is 6.42 Å². The third-order valence-electron chi connectivity index (χ3n) is 2.36.